The van der Waals surface area contributed by atoms with Gasteiger partial charge < -0.3 is 10.4 Å². The third kappa shape index (κ3) is 4.37. The minimum absolute atomic E-state index is 0.0278. The summed E-state index contributed by atoms with van der Waals surface area (Å²) in [6.07, 6.45) is 2.02. The molecule has 1 aliphatic carbocycles. The van der Waals surface area contributed by atoms with E-state index in [2.05, 4.69) is 23.5 Å². The van der Waals surface area contributed by atoms with Crippen LogP contribution in [0.15, 0.2) is 42.5 Å². The summed E-state index contributed by atoms with van der Waals surface area (Å²) in [4.78, 5) is 25.1. The minimum atomic E-state index is -0.800. The minimum Gasteiger partial charge on any atom is -0.480 e. The van der Waals surface area contributed by atoms with Gasteiger partial charge in [0.15, 0.2) is 0 Å². The van der Waals surface area contributed by atoms with Crippen molar-refractivity contribution in [3.05, 3.63) is 48.0 Å². The third-order valence-corrected chi connectivity index (χ3v) is 4.92. The van der Waals surface area contributed by atoms with Crippen LogP contribution in [0.3, 0.4) is 0 Å². The van der Waals surface area contributed by atoms with Crippen molar-refractivity contribution in [3.63, 3.8) is 0 Å². The van der Waals surface area contributed by atoms with Crippen LogP contribution in [-0.4, -0.2) is 47.1 Å². The zero-order chi connectivity index (χ0) is 17.8. The molecule has 0 radical (unpaired) electrons. The van der Waals surface area contributed by atoms with Crippen molar-refractivity contribution >= 4 is 22.6 Å². The van der Waals surface area contributed by atoms with Crippen molar-refractivity contribution in [1.29, 1.82) is 0 Å². The van der Waals surface area contributed by atoms with E-state index in [1.54, 1.807) is 0 Å². The molecule has 2 N–H and O–H groups in total. The highest BCUT2D eigenvalue weighted by molar-refractivity contribution is 5.85. The molecule has 0 saturated heterocycles. The van der Waals surface area contributed by atoms with E-state index in [1.807, 2.05) is 36.1 Å². The molecule has 2 aromatic carbocycles. The number of hydrogen-bond acceptors (Lipinski definition) is 3. The van der Waals surface area contributed by atoms with Crippen LogP contribution in [0.5, 0.6) is 0 Å². The molecule has 0 atom stereocenters. The van der Waals surface area contributed by atoms with Gasteiger partial charge in [-0.2, -0.15) is 0 Å². The number of carbonyl (C=O) groups is 2. The second kappa shape index (κ2) is 7.66. The zero-order valence-electron chi connectivity index (χ0n) is 14.4. The molecule has 25 heavy (non-hydrogen) atoms. The quantitative estimate of drug-likeness (QED) is 0.812. The Labute approximate surface area is 147 Å². The molecule has 1 fully saturated rings. The summed E-state index contributed by atoms with van der Waals surface area (Å²) in [5.41, 5.74) is 1.01. The van der Waals surface area contributed by atoms with Gasteiger partial charge in [-0.05, 0) is 35.7 Å². The molecule has 1 saturated carbocycles. The Morgan fingerprint density at radius 1 is 1.16 bits per heavy atom. The lowest BCUT2D eigenvalue weighted by molar-refractivity contribution is -0.139. The molecule has 5 heteroatoms. The second-order valence-corrected chi connectivity index (χ2v) is 6.70. The number of carboxylic acid groups (broad SMARTS) is 1. The van der Waals surface area contributed by atoms with Crippen LogP contribution >= 0.6 is 0 Å². The Hall–Kier alpha value is -2.40. The van der Waals surface area contributed by atoms with Crippen molar-refractivity contribution < 1.29 is 14.7 Å². The highest BCUT2D eigenvalue weighted by Gasteiger charge is 2.34. The zero-order valence-corrected chi connectivity index (χ0v) is 14.4. The van der Waals surface area contributed by atoms with Crippen LogP contribution in [0.2, 0.25) is 0 Å². The van der Waals surface area contributed by atoms with E-state index in [4.69, 9.17) is 5.11 Å². The number of amides is 1. The molecule has 3 rings (SSSR count). The number of likely N-dealkylation sites (N-methyl/N-ethyl adjacent to an activating group) is 1. The van der Waals surface area contributed by atoms with Gasteiger partial charge in [0.25, 0.3) is 0 Å². The average Bonchev–Trinajstić information content (AvgIpc) is 2.55. The number of rotatable bonds is 7. The molecule has 0 bridgehead atoms. The summed E-state index contributed by atoms with van der Waals surface area (Å²) in [7, 11) is 0. The Morgan fingerprint density at radius 2 is 1.88 bits per heavy atom. The number of carboxylic acids is 1. The fourth-order valence-electron chi connectivity index (χ4n) is 3.49. The van der Waals surface area contributed by atoms with Gasteiger partial charge in [0.2, 0.25) is 5.91 Å². The van der Waals surface area contributed by atoms with E-state index in [0.29, 0.717) is 13.0 Å². The number of benzene rings is 2. The molecular weight excluding hydrogens is 316 g/mol. The number of aliphatic carboxylic acids is 1. The summed E-state index contributed by atoms with van der Waals surface area (Å²) >= 11 is 0. The normalized spacial score (nSPS) is 19.6. The van der Waals surface area contributed by atoms with Crippen molar-refractivity contribution in [3.8, 4) is 0 Å². The van der Waals surface area contributed by atoms with E-state index in [9.17, 15) is 9.59 Å². The molecule has 2 aromatic rings. The predicted octanol–water partition coefficient (Wildman–Crippen LogP) is 2.44. The van der Waals surface area contributed by atoms with Crippen LogP contribution in [0.4, 0.5) is 0 Å². The van der Waals surface area contributed by atoms with E-state index in [1.165, 1.54) is 5.39 Å². The first-order valence-corrected chi connectivity index (χ1v) is 8.78. The lowest BCUT2D eigenvalue weighted by Gasteiger charge is -2.42. The number of nitrogens with one attached hydrogen (secondary N) is 1. The number of carbonyl (C=O) groups excluding carboxylic acids is 1. The Kier molecular flexibility index (Phi) is 5.34. The number of fused-ring (bicyclic) bond motifs is 1. The van der Waals surface area contributed by atoms with Gasteiger partial charge in [-0.15, -0.1) is 0 Å². The van der Waals surface area contributed by atoms with Gasteiger partial charge in [-0.3, -0.25) is 14.5 Å². The predicted molar refractivity (Wildman–Crippen MR) is 97.5 cm³/mol. The number of hydrogen-bond donors (Lipinski definition) is 2. The molecule has 0 spiro atoms. The van der Waals surface area contributed by atoms with Crippen molar-refractivity contribution in [2.24, 2.45) is 0 Å². The Balaban J connectivity index is 1.49. The SMILES string of the molecule is CCN(CC(=O)O)C1CC(NC(=O)Cc2ccc3ccccc3c2)C1. The first-order chi connectivity index (χ1) is 12.0. The van der Waals surface area contributed by atoms with Gasteiger partial charge in [0.1, 0.15) is 0 Å². The fraction of sp³-hybridized carbons (Fsp3) is 0.400. The smallest absolute Gasteiger partial charge is 0.317 e. The highest BCUT2D eigenvalue weighted by atomic mass is 16.4. The van der Waals surface area contributed by atoms with Gasteiger partial charge in [-0.25, -0.2) is 0 Å². The molecule has 1 amide bonds. The van der Waals surface area contributed by atoms with Gasteiger partial charge in [-0.1, -0.05) is 49.4 Å². The van der Waals surface area contributed by atoms with E-state index in [0.717, 1.165) is 23.8 Å². The van der Waals surface area contributed by atoms with E-state index >= 15 is 0 Å². The third-order valence-electron chi connectivity index (χ3n) is 4.92. The first kappa shape index (κ1) is 17.4. The first-order valence-electron chi connectivity index (χ1n) is 8.78. The van der Waals surface area contributed by atoms with Crippen LogP contribution in [0.1, 0.15) is 25.3 Å². The topological polar surface area (TPSA) is 69.6 Å². The molecule has 0 unspecified atom stereocenters. The molecule has 0 aliphatic heterocycles. The molecule has 5 nitrogen and oxygen atoms in total. The highest BCUT2D eigenvalue weighted by Crippen LogP contribution is 2.25. The maximum absolute atomic E-state index is 12.3. The van der Waals surface area contributed by atoms with E-state index < -0.39 is 5.97 Å². The Morgan fingerprint density at radius 3 is 2.56 bits per heavy atom. The molecule has 0 heterocycles. The van der Waals surface area contributed by atoms with Gasteiger partial charge in [0.05, 0.1) is 13.0 Å². The van der Waals surface area contributed by atoms with Crippen LogP contribution < -0.4 is 5.32 Å². The van der Waals surface area contributed by atoms with Crippen molar-refractivity contribution in [1.82, 2.24) is 10.2 Å². The summed E-state index contributed by atoms with van der Waals surface area (Å²) in [5, 5.41) is 14.3. The van der Waals surface area contributed by atoms with Crippen molar-refractivity contribution in [2.45, 2.75) is 38.3 Å². The fourth-order valence-corrected chi connectivity index (χ4v) is 3.49. The standard InChI is InChI=1S/C20H24N2O3/c1-2-22(13-20(24)25)18-11-17(12-18)21-19(23)10-14-7-8-15-5-3-4-6-16(15)9-14/h3-9,17-18H,2,10-13H2,1H3,(H,21,23)(H,24,25). The van der Waals surface area contributed by atoms with Crippen LogP contribution in [0.25, 0.3) is 10.8 Å². The maximum Gasteiger partial charge on any atom is 0.317 e. The van der Waals surface area contributed by atoms with Crippen LogP contribution in [0, 0.1) is 0 Å². The maximum atomic E-state index is 12.3. The van der Waals surface area contributed by atoms with Gasteiger partial charge in [0, 0.05) is 12.1 Å². The van der Waals surface area contributed by atoms with Crippen LogP contribution in [-0.2, 0) is 16.0 Å². The summed E-state index contributed by atoms with van der Waals surface area (Å²) in [5.74, 6) is -0.773. The average molecular weight is 340 g/mol. The number of nitrogens with zero attached hydrogens (tertiary/aromatic N) is 1. The van der Waals surface area contributed by atoms with E-state index in [-0.39, 0.29) is 24.5 Å². The summed E-state index contributed by atoms with van der Waals surface area (Å²) < 4.78 is 0. The summed E-state index contributed by atoms with van der Waals surface area (Å²) in [6, 6.07) is 14.6. The lowest BCUT2D eigenvalue weighted by Crippen LogP contribution is -2.55. The lowest BCUT2D eigenvalue weighted by atomic mass is 9.85. The summed E-state index contributed by atoms with van der Waals surface area (Å²) in [6.45, 7) is 2.75. The largest absolute Gasteiger partial charge is 0.480 e. The molecule has 132 valence electrons. The van der Waals surface area contributed by atoms with Crippen molar-refractivity contribution in [2.75, 3.05) is 13.1 Å². The molecule has 1 aliphatic rings. The molecular formula is C20H24N2O3. The molecule has 0 aromatic heterocycles. The monoisotopic (exact) mass is 340 g/mol. The Bertz CT molecular complexity index is 768. The van der Waals surface area contributed by atoms with Gasteiger partial charge >= 0.3 is 5.97 Å². The second-order valence-electron chi connectivity index (χ2n) is 6.70.